The lowest BCUT2D eigenvalue weighted by molar-refractivity contribution is -0.142. The number of rotatable bonds is 33. The number of aliphatic carboxylic acids is 2. The van der Waals surface area contributed by atoms with Gasteiger partial charge >= 0.3 is 17.9 Å². The summed E-state index contributed by atoms with van der Waals surface area (Å²) in [6.45, 7) is 5.09. The number of carbonyl (C=O) groups excluding carboxylic acids is 10. The maximum atomic E-state index is 13.7. The van der Waals surface area contributed by atoms with E-state index in [0.29, 0.717) is 12.0 Å². The van der Waals surface area contributed by atoms with Gasteiger partial charge in [-0.25, -0.2) is 4.79 Å². The Kier molecular flexibility index (Phi) is 27.7. The molecular formula is C36H56N6O15S2. The number of ketones is 3. The summed E-state index contributed by atoms with van der Waals surface area (Å²) in [7, 11) is 3.70. The molecule has 23 heteroatoms. The highest BCUT2D eigenvalue weighted by Gasteiger charge is 2.33. The SMILES string of the molecule is CN[C@@H](CCC(C)=O)C(=O)N[C@@H](CCC(=O)O)C(=O)N[C@@H](CCC(C)=O)C(=O)N[C@@H](CCC=O)C(=O)N[C@@H](CCC(C)=O)C(=O)N[C@@H](CSSCCOC(C)=O)C(=O)O. The van der Waals surface area contributed by atoms with Crippen LogP contribution in [0.4, 0.5) is 0 Å². The first-order valence-corrected chi connectivity index (χ1v) is 21.1. The highest BCUT2D eigenvalue weighted by Crippen LogP contribution is 2.22. The lowest BCUT2D eigenvalue weighted by Gasteiger charge is -2.27. The smallest absolute Gasteiger partial charge is 0.327 e. The van der Waals surface area contributed by atoms with Gasteiger partial charge in [-0.05, 0) is 59.9 Å². The summed E-state index contributed by atoms with van der Waals surface area (Å²) in [5, 5.41) is 33.6. The van der Waals surface area contributed by atoms with Crippen LogP contribution in [0.2, 0.25) is 0 Å². The van der Waals surface area contributed by atoms with Gasteiger partial charge in [-0.3, -0.25) is 33.6 Å². The Morgan fingerprint density at radius 2 is 0.915 bits per heavy atom. The second kappa shape index (κ2) is 30.2. The van der Waals surface area contributed by atoms with E-state index in [9.17, 15) is 67.7 Å². The molecular weight excluding hydrogens is 821 g/mol. The quantitative estimate of drug-likeness (QED) is 0.0169. The maximum absolute atomic E-state index is 13.7. The van der Waals surface area contributed by atoms with Crippen molar-refractivity contribution in [1.82, 2.24) is 31.9 Å². The second-order valence-electron chi connectivity index (χ2n) is 13.3. The lowest BCUT2D eigenvalue weighted by atomic mass is 10.0. The fourth-order valence-corrected chi connectivity index (χ4v) is 6.94. The number of Topliss-reactive ketones (excluding diaryl/α,β-unsaturated/α-hetero) is 3. The summed E-state index contributed by atoms with van der Waals surface area (Å²) in [4.78, 5) is 148. The molecule has 0 rings (SSSR count). The number of amides is 5. The minimum atomic E-state index is -1.54. The number of carbonyl (C=O) groups is 12. The number of carboxylic acid groups (broad SMARTS) is 2. The highest BCUT2D eigenvalue weighted by atomic mass is 33.1. The van der Waals surface area contributed by atoms with Gasteiger partial charge in [0, 0.05) is 50.5 Å². The highest BCUT2D eigenvalue weighted by molar-refractivity contribution is 8.76. The van der Waals surface area contributed by atoms with Crippen molar-refractivity contribution in [2.24, 2.45) is 0 Å². The van der Waals surface area contributed by atoms with Gasteiger partial charge in [0.1, 0.15) is 60.5 Å². The van der Waals surface area contributed by atoms with Crippen molar-refractivity contribution in [3.05, 3.63) is 0 Å². The molecule has 8 N–H and O–H groups in total. The van der Waals surface area contributed by atoms with E-state index in [2.05, 4.69) is 31.9 Å². The molecule has 0 radical (unpaired) electrons. The third-order valence-electron chi connectivity index (χ3n) is 8.18. The van der Waals surface area contributed by atoms with Gasteiger partial charge in [0.15, 0.2) is 0 Å². The van der Waals surface area contributed by atoms with Crippen LogP contribution in [0.1, 0.15) is 91.9 Å². The summed E-state index contributed by atoms with van der Waals surface area (Å²) in [5.74, 6) is -8.70. The monoisotopic (exact) mass is 876 g/mol. The number of nitrogens with one attached hydrogen (secondary N) is 6. The first-order chi connectivity index (χ1) is 27.7. The zero-order valence-corrected chi connectivity index (χ0v) is 35.4. The molecule has 0 saturated heterocycles. The van der Waals surface area contributed by atoms with Crippen molar-refractivity contribution in [3.63, 3.8) is 0 Å². The number of hydrogen-bond donors (Lipinski definition) is 8. The van der Waals surface area contributed by atoms with Crippen LogP contribution in [0.15, 0.2) is 0 Å². The van der Waals surface area contributed by atoms with Crippen molar-refractivity contribution in [1.29, 1.82) is 0 Å². The van der Waals surface area contributed by atoms with Crippen LogP contribution in [0.3, 0.4) is 0 Å². The van der Waals surface area contributed by atoms with Crippen molar-refractivity contribution in [2.45, 2.75) is 128 Å². The van der Waals surface area contributed by atoms with Crippen LogP contribution < -0.4 is 31.9 Å². The van der Waals surface area contributed by atoms with Gasteiger partial charge in [0.2, 0.25) is 29.5 Å². The molecule has 59 heavy (non-hydrogen) atoms. The number of aldehydes is 1. The Hall–Kier alpha value is -4.90. The van der Waals surface area contributed by atoms with Crippen molar-refractivity contribution in [2.75, 3.05) is 25.2 Å². The first kappa shape index (κ1) is 54.1. The van der Waals surface area contributed by atoms with E-state index in [4.69, 9.17) is 4.74 Å². The fourth-order valence-electron chi connectivity index (χ4n) is 4.96. The van der Waals surface area contributed by atoms with Gasteiger partial charge in [0.25, 0.3) is 0 Å². The van der Waals surface area contributed by atoms with E-state index in [0.717, 1.165) is 10.8 Å². The lowest BCUT2D eigenvalue weighted by Crippen LogP contribution is -2.59. The Labute approximate surface area is 349 Å². The predicted molar refractivity (Wildman–Crippen MR) is 214 cm³/mol. The Morgan fingerprint density at radius 3 is 1.27 bits per heavy atom. The van der Waals surface area contributed by atoms with Crippen molar-refractivity contribution in [3.8, 4) is 0 Å². The number of carboxylic acids is 2. The van der Waals surface area contributed by atoms with E-state index in [-0.39, 0.29) is 81.1 Å². The molecule has 0 fully saturated rings. The number of hydrogen-bond acceptors (Lipinski definition) is 16. The number of esters is 1. The van der Waals surface area contributed by atoms with Crippen LogP contribution in [0, 0.1) is 0 Å². The van der Waals surface area contributed by atoms with E-state index < -0.39 is 96.5 Å². The molecule has 0 bridgehead atoms. The molecule has 0 spiro atoms. The Bertz CT molecular complexity index is 1510. The topological polar surface area (TPSA) is 327 Å². The van der Waals surface area contributed by atoms with E-state index in [1.807, 2.05) is 0 Å². The van der Waals surface area contributed by atoms with E-state index in [1.165, 1.54) is 45.5 Å². The van der Waals surface area contributed by atoms with Gasteiger partial charge in [-0.15, -0.1) is 0 Å². The predicted octanol–water partition coefficient (Wildman–Crippen LogP) is -1.02. The second-order valence-corrected chi connectivity index (χ2v) is 16.0. The normalized spacial score (nSPS) is 13.8. The van der Waals surface area contributed by atoms with Crippen LogP contribution in [-0.4, -0.2) is 143 Å². The van der Waals surface area contributed by atoms with E-state index >= 15 is 0 Å². The Morgan fingerprint density at radius 1 is 0.542 bits per heavy atom. The van der Waals surface area contributed by atoms with Crippen molar-refractivity contribution >= 4 is 92.7 Å². The molecule has 0 aliphatic carbocycles. The van der Waals surface area contributed by atoms with Crippen LogP contribution >= 0.6 is 21.6 Å². The van der Waals surface area contributed by atoms with Crippen molar-refractivity contribution < 1.29 is 72.5 Å². The number of ether oxygens (including phenoxy) is 1. The summed E-state index contributed by atoms with van der Waals surface area (Å²) < 4.78 is 4.81. The first-order valence-electron chi connectivity index (χ1n) is 18.7. The third-order valence-corrected chi connectivity index (χ3v) is 10.6. The minimum absolute atomic E-state index is 0.0295. The Balaban J connectivity index is 6.27. The van der Waals surface area contributed by atoms with Crippen LogP contribution in [0.5, 0.6) is 0 Å². The summed E-state index contributed by atoms with van der Waals surface area (Å²) in [6.07, 6.45) is -2.10. The van der Waals surface area contributed by atoms with Gasteiger partial charge in [-0.1, -0.05) is 21.6 Å². The standard InChI is InChI=1S/C36H56N6O15S2/c1-20(44)8-11-24(37-5)31(50)39-28(14-15-30(48)49)34(53)41-26(12-9-21(2)45)33(52)38-25(7-6-16-43)32(51)40-27(13-10-22(3)46)35(54)42-29(36(55)56)19-59-58-18-17-57-23(4)47/h16,24-29,37H,6-15,17-19H2,1-5H3,(H,38,52)(H,39,50)(H,40,51)(H,41,53)(H,42,54)(H,48,49)(H,55,56)/t24-,25-,26-,27-,28-,29-/m0/s1. The van der Waals surface area contributed by atoms with Crippen LogP contribution in [0.25, 0.3) is 0 Å². The molecule has 0 aromatic carbocycles. The molecule has 0 saturated carbocycles. The summed E-state index contributed by atoms with van der Waals surface area (Å²) in [6, 6.07) is -8.47. The molecule has 0 aromatic rings. The molecule has 6 atom stereocenters. The zero-order valence-electron chi connectivity index (χ0n) is 33.8. The number of likely N-dealkylation sites (N-methyl/N-ethyl adjacent to an activating group) is 1. The molecule has 21 nitrogen and oxygen atoms in total. The maximum Gasteiger partial charge on any atom is 0.327 e. The zero-order chi connectivity index (χ0) is 45.1. The van der Waals surface area contributed by atoms with Gasteiger partial charge < -0.3 is 66.0 Å². The molecule has 0 aliphatic heterocycles. The largest absolute Gasteiger partial charge is 0.481 e. The van der Waals surface area contributed by atoms with Crippen LogP contribution in [-0.2, 0) is 62.3 Å². The molecule has 0 unspecified atom stereocenters. The fraction of sp³-hybridized carbons (Fsp3) is 0.667. The molecule has 5 amide bonds. The molecule has 0 heterocycles. The van der Waals surface area contributed by atoms with E-state index in [1.54, 1.807) is 0 Å². The summed E-state index contributed by atoms with van der Waals surface area (Å²) in [5.41, 5.74) is 0. The summed E-state index contributed by atoms with van der Waals surface area (Å²) >= 11 is 0. The molecule has 0 aliphatic rings. The molecule has 332 valence electrons. The average molecular weight is 877 g/mol. The molecule has 0 aromatic heterocycles. The van der Waals surface area contributed by atoms with Gasteiger partial charge in [-0.2, -0.15) is 0 Å². The third kappa shape index (κ3) is 25.3. The van der Waals surface area contributed by atoms with Gasteiger partial charge in [0.05, 0.1) is 6.04 Å². The average Bonchev–Trinajstić information content (AvgIpc) is 3.15. The minimum Gasteiger partial charge on any atom is -0.481 e.